The molecule has 1 aromatic carbocycles. The molecule has 0 saturated heterocycles. The maximum absolute atomic E-state index is 12.5. The normalized spacial score (nSPS) is 11.9. The van der Waals surface area contributed by atoms with Crippen LogP contribution in [0, 0.1) is 11.3 Å². The molecule has 0 bridgehead atoms. The van der Waals surface area contributed by atoms with Crippen molar-refractivity contribution in [1.82, 2.24) is 0 Å². The number of carbonyl (C=O) groups is 1. The zero-order chi connectivity index (χ0) is 17.3. The third-order valence-electron chi connectivity index (χ3n) is 3.20. The minimum absolute atomic E-state index is 0.0797. The molecule has 1 unspecified atom stereocenters. The fraction of sp³-hybridized carbons (Fsp3) is 0.588. The van der Waals surface area contributed by atoms with Crippen LogP contribution in [0.5, 0.6) is 11.5 Å². The molecule has 0 amide bonds. The predicted octanol–water partition coefficient (Wildman–Crippen LogP) is 4.82. The molecule has 4 nitrogen and oxygen atoms in total. The Balaban J connectivity index is 0.00000211. The second-order valence-electron chi connectivity index (χ2n) is 6.53. The first-order chi connectivity index (χ1) is 10.3. The highest BCUT2D eigenvalue weighted by Crippen LogP contribution is 2.32. The molecular weight excluding hydrogens is 299 g/mol. The van der Waals surface area contributed by atoms with Crippen molar-refractivity contribution in [2.75, 3.05) is 14.2 Å². The Morgan fingerprint density at radius 2 is 1.59 bits per heavy atom. The number of ketones is 1. The minimum Gasteiger partial charge on any atom is -0.496 e. The monoisotopic (exact) mass is 326 g/mol. The lowest BCUT2D eigenvalue weighted by Crippen LogP contribution is -2.15. The summed E-state index contributed by atoms with van der Waals surface area (Å²) >= 11 is 0. The molecule has 5 heteroatoms. The summed E-state index contributed by atoms with van der Waals surface area (Å²) in [6.45, 7) is 8.69. The lowest BCUT2D eigenvalue weighted by molar-refractivity contribution is 0.0948. The smallest absolute Gasteiger partial charge is 0.170 e. The van der Waals surface area contributed by atoms with Gasteiger partial charge in [-0.05, 0) is 29.9 Å². The number of hydrogen-bond donors (Lipinski definition) is 0. The van der Waals surface area contributed by atoms with Gasteiger partial charge < -0.3 is 9.47 Å². The van der Waals surface area contributed by atoms with Crippen molar-refractivity contribution >= 4 is 14.9 Å². The van der Waals surface area contributed by atoms with Gasteiger partial charge in [-0.25, -0.2) is 0 Å². The van der Waals surface area contributed by atoms with Gasteiger partial charge >= 0.3 is 0 Å². The van der Waals surface area contributed by atoms with E-state index in [1.807, 2.05) is 6.07 Å². The summed E-state index contributed by atoms with van der Waals surface area (Å²) in [7, 11) is 4.87. The van der Waals surface area contributed by atoms with E-state index in [0.29, 0.717) is 29.4 Å². The van der Waals surface area contributed by atoms with Gasteiger partial charge in [-0.15, -0.1) is 0 Å². The number of benzene rings is 1. The van der Waals surface area contributed by atoms with Gasteiger partial charge in [0.1, 0.15) is 26.2 Å². The van der Waals surface area contributed by atoms with Crippen LogP contribution in [-0.2, 0) is 4.57 Å². The third-order valence-corrected chi connectivity index (χ3v) is 3.20. The predicted molar refractivity (Wildman–Crippen MR) is 90.7 cm³/mol. The Morgan fingerprint density at radius 3 is 1.95 bits per heavy atom. The van der Waals surface area contributed by atoms with Gasteiger partial charge in [-0.2, -0.15) is 0 Å². The number of rotatable bonds is 6. The molecule has 1 atom stereocenters. The first-order valence-corrected chi connectivity index (χ1v) is 7.64. The summed E-state index contributed by atoms with van der Waals surface area (Å²) in [6, 6.07) is 5.42. The van der Waals surface area contributed by atoms with Crippen LogP contribution in [0.15, 0.2) is 18.2 Å². The molecule has 0 spiro atoms. The van der Waals surface area contributed by atoms with Gasteiger partial charge in [0.15, 0.2) is 5.78 Å². The highest BCUT2D eigenvalue weighted by atomic mass is 31.0. The van der Waals surface area contributed by atoms with Gasteiger partial charge in [-0.1, -0.05) is 33.8 Å². The third kappa shape index (κ3) is 6.57. The number of carbonyl (C=O) groups excluding carboxylic acids is 1. The molecule has 1 rings (SSSR count). The lowest BCUT2D eigenvalue weighted by atomic mass is 9.83. The maximum Gasteiger partial charge on any atom is 0.170 e. The number of ether oxygens (including phenoxy) is 2. The van der Waals surface area contributed by atoms with Crippen LogP contribution < -0.4 is 9.47 Å². The van der Waals surface area contributed by atoms with Gasteiger partial charge in [0, 0.05) is 6.42 Å². The molecule has 0 heterocycles. The van der Waals surface area contributed by atoms with E-state index in [4.69, 9.17) is 14.0 Å². The highest BCUT2D eigenvalue weighted by molar-refractivity contribution is 7.00. The Morgan fingerprint density at radius 1 is 1.14 bits per heavy atom. The van der Waals surface area contributed by atoms with E-state index in [1.54, 1.807) is 35.5 Å². The highest BCUT2D eigenvalue weighted by Gasteiger charge is 2.22. The fourth-order valence-electron chi connectivity index (χ4n) is 2.66. The van der Waals surface area contributed by atoms with E-state index >= 15 is 0 Å². The summed E-state index contributed by atoms with van der Waals surface area (Å²) in [5.41, 5.74) is 0.781. The molecule has 0 N–H and O–H groups in total. The van der Waals surface area contributed by atoms with E-state index in [-0.39, 0.29) is 11.2 Å². The van der Waals surface area contributed by atoms with E-state index < -0.39 is 0 Å². The second-order valence-corrected chi connectivity index (χ2v) is 6.53. The Kier molecular flexibility index (Phi) is 8.96. The van der Waals surface area contributed by atoms with Crippen LogP contribution in [0.3, 0.4) is 0 Å². The van der Waals surface area contributed by atoms with Crippen LogP contribution in [0.25, 0.3) is 0 Å². The van der Waals surface area contributed by atoms with Crippen LogP contribution in [0.1, 0.15) is 50.9 Å². The average molecular weight is 326 g/mol. The van der Waals surface area contributed by atoms with Crippen molar-refractivity contribution < 1.29 is 18.8 Å². The molecule has 0 fully saturated rings. The zero-order valence-corrected chi connectivity index (χ0v) is 15.4. The zero-order valence-electron chi connectivity index (χ0n) is 14.4. The molecule has 124 valence electrons. The summed E-state index contributed by atoms with van der Waals surface area (Å²) in [5.74, 6) is 1.57. The van der Waals surface area contributed by atoms with Crippen molar-refractivity contribution in [2.24, 2.45) is 11.3 Å². The lowest BCUT2D eigenvalue weighted by Gasteiger charge is -2.23. The SMILES string of the molecule is COc1cccc(OC)c1C(=O)CC(C)CC(C)(C)C.O=P. The van der Waals surface area contributed by atoms with E-state index in [9.17, 15) is 4.79 Å². The van der Waals surface area contributed by atoms with E-state index in [0.717, 1.165) is 6.42 Å². The number of hydrogen-bond acceptors (Lipinski definition) is 4. The second kappa shape index (κ2) is 9.58. The van der Waals surface area contributed by atoms with Crippen LogP contribution >= 0.6 is 9.12 Å². The van der Waals surface area contributed by atoms with Crippen molar-refractivity contribution in [1.29, 1.82) is 0 Å². The maximum atomic E-state index is 12.5. The first-order valence-electron chi connectivity index (χ1n) is 7.23. The number of methoxy groups -OCH3 is 2. The summed E-state index contributed by atoms with van der Waals surface area (Å²) < 4.78 is 18.6. The van der Waals surface area contributed by atoms with Crippen molar-refractivity contribution in [3.05, 3.63) is 23.8 Å². The number of Topliss-reactive ketones (excluding diaryl/α,β-unsaturated/α-hetero) is 1. The Bertz CT molecular complexity index is 458. The van der Waals surface area contributed by atoms with Crippen molar-refractivity contribution in [3.8, 4) is 11.5 Å². The molecule has 0 aliphatic heterocycles. The van der Waals surface area contributed by atoms with Crippen molar-refractivity contribution in [2.45, 2.75) is 40.5 Å². The molecule has 0 aromatic heterocycles. The quantitative estimate of drug-likeness (QED) is 0.555. The van der Waals surface area contributed by atoms with Crippen molar-refractivity contribution in [3.63, 3.8) is 0 Å². The molecule has 0 saturated carbocycles. The molecule has 22 heavy (non-hydrogen) atoms. The summed E-state index contributed by atoms with van der Waals surface area (Å²) in [6.07, 6.45) is 1.52. The minimum atomic E-state index is 0.0797. The topological polar surface area (TPSA) is 52.6 Å². The van der Waals surface area contributed by atoms with Crippen LogP contribution in [0.2, 0.25) is 0 Å². The largest absolute Gasteiger partial charge is 0.496 e. The standard InChI is InChI=1S/C17H26O3.HOP/c1-12(11-17(2,3)4)10-13(18)16-14(19-5)8-7-9-15(16)20-6;1-2/h7-9,12H,10-11H2,1-6H3;2H. The molecule has 0 radical (unpaired) electrons. The first kappa shape index (κ1) is 20.6. The van der Waals surface area contributed by atoms with Crippen LogP contribution in [-0.4, -0.2) is 20.0 Å². The fourth-order valence-corrected chi connectivity index (χ4v) is 2.66. The van der Waals surface area contributed by atoms with Gasteiger partial charge in [-0.3, -0.25) is 9.36 Å². The van der Waals surface area contributed by atoms with E-state index in [2.05, 4.69) is 27.7 Å². The molecule has 0 aliphatic carbocycles. The Hall–Kier alpha value is -1.41. The Labute approximate surface area is 135 Å². The average Bonchev–Trinajstić information content (AvgIpc) is 2.46. The summed E-state index contributed by atoms with van der Waals surface area (Å²) in [5, 5.41) is 0. The van der Waals surface area contributed by atoms with Gasteiger partial charge in [0.25, 0.3) is 0 Å². The molecule has 0 aliphatic rings. The molecule has 1 aromatic rings. The van der Waals surface area contributed by atoms with Gasteiger partial charge in [0.05, 0.1) is 14.2 Å². The molecular formula is C17H27O4P. The van der Waals surface area contributed by atoms with E-state index in [1.165, 1.54) is 0 Å². The summed E-state index contributed by atoms with van der Waals surface area (Å²) in [4.78, 5) is 12.5. The van der Waals surface area contributed by atoms with Gasteiger partial charge in [0.2, 0.25) is 0 Å². The van der Waals surface area contributed by atoms with Crippen LogP contribution in [0.4, 0.5) is 0 Å².